The molecular weight excluding hydrogens is 1000 g/mol. The lowest BCUT2D eigenvalue weighted by Gasteiger charge is -2.44. The van der Waals surface area contributed by atoms with Gasteiger partial charge in [0.2, 0.25) is 7.49 Å². The maximum atomic E-state index is 15.4. The van der Waals surface area contributed by atoms with Gasteiger partial charge >= 0.3 is 0 Å². The molecule has 0 spiro atoms. The molecule has 0 N–H and O–H groups in total. The highest BCUT2D eigenvalue weighted by Gasteiger charge is 2.53. The molecule has 0 saturated heterocycles. The summed E-state index contributed by atoms with van der Waals surface area (Å²) in [6.07, 6.45) is -1.95. The molecule has 0 heterocycles. The lowest BCUT2D eigenvalue weighted by Crippen LogP contribution is -2.81. The van der Waals surface area contributed by atoms with Crippen molar-refractivity contribution >= 4 is 51.4 Å². The SMILES string of the molecule is Fc1c(F)c(F)c([B-](c2c(F)c(F)c(F)c(F)c2F)(c2c(F)c(F)c(F)c(F)c2F)c2c(F)c(F)c(F)c(F)c2F)c(F)c1F.c1ccc([P+](OC2CCCC2)(c2ccccc2)c2ccccc2)cc1. The van der Waals surface area contributed by atoms with Crippen LogP contribution >= 0.6 is 7.49 Å². The second-order valence-corrected chi connectivity index (χ2v) is 18.4. The van der Waals surface area contributed by atoms with Crippen molar-refractivity contribution in [2.45, 2.75) is 31.8 Å². The highest BCUT2D eigenvalue weighted by Crippen LogP contribution is 2.58. The first-order chi connectivity index (χ1) is 33.1. The maximum absolute atomic E-state index is 15.4. The summed E-state index contributed by atoms with van der Waals surface area (Å²) in [5.41, 5.74) is -14.3. The quantitative estimate of drug-likeness (QED) is 0.0460. The Bertz CT molecular complexity index is 2660. The van der Waals surface area contributed by atoms with Crippen LogP contribution in [0.2, 0.25) is 0 Å². The van der Waals surface area contributed by atoms with Crippen molar-refractivity contribution in [3.63, 3.8) is 0 Å². The normalized spacial score (nSPS) is 13.2. The van der Waals surface area contributed by atoms with Crippen LogP contribution in [0.3, 0.4) is 0 Å². The van der Waals surface area contributed by atoms with Crippen LogP contribution in [0.25, 0.3) is 0 Å². The summed E-state index contributed by atoms with van der Waals surface area (Å²) in [7, 11) is -2.10. The van der Waals surface area contributed by atoms with Gasteiger partial charge in [-0.05, 0) is 49.2 Å². The summed E-state index contributed by atoms with van der Waals surface area (Å²) in [5, 5.41) is 3.91. The van der Waals surface area contributed by atoms with Gasteiger partial charge in [0, 0.05) is 0 Å². The van der Waals surface area contributed by atoms with E-state index in [0.717, 1.165) is 0 Å². The minimum absolute atomic E-state index is 0.356. The number of hydrogen-bond donors (Lipinski definition) is 0. The zero-order chi connectivity index (χ0) is 51.3. The zero-order valence-corrected chi connectivity index (χ0v) is 35.5. The summed E-state index contributed by atoms with van der Waals surface area (Å²) in [6.45, 7) is 0. The van der Waals surface area contributed by atoms with E-state index in [4.69, 9.17) is 4.52 Å². The van der Waals surface area contributed by atoms with E-state index in [-0.39, 0.29) is 0 Å². The summed E-state index contributed by atoms with van der Waals surface area (Å²) in [4.78, 5) is 0. The molecule has 0 atom stereocenters. The Labute approximate surface area is 382 Å². The van der Waals surface area contributed by atoms with Gasteiger partial charge < -0.3 is 0 Å². The Morgan fingerprint density at radius 1 is 0.286 bits per heavy atom. The van der Waals surface area contributed by atoms with E-state index >= 15 is 35.1 Å². The van der Waals surface area contributed by atoms with Crippen molar-refractivity contribution in [1.29, 1.82) is 0 Å². The van der Waals surface area contributed by atoms with Gasteiger partial charge in [0.1, 0.15) is 74.7 Å². The lowest BCUT2D eigenvalue weighted by molar-refractivity contribution is 0.236. The molecule has 0 amide bonds. The van der Waals surface area contributed by atoms with Crippen molar-refractivity contribution < 1.29 is 92.3 Å². The molecule has 1 aliphatic rings. The van der Waals surface area contributed by atoms with E-state index in [2.05, 4.69) is 91.0 Å². The first-order valence-corrected chi connectivity index (χ1v) is 21.8. The van der Waals surface area contributed by atoms with Crippen LogP contribution in [0, 0.1) is 116 Å². The minimum atomic E-state index is -7.22. The van der Waals surface area contributed by atoms with E-state index < -0.39 is 152 Å². The zero-order valence-electron chi connectivity index (χ0n) is 34.6. The molecule has 0 unspecified atom stereocenters. The van der Waals surface area contributed by atoms with Gasteiger partial charge in [-0.15, -0.1) is 21.9 Å². The first kappa shape index (κ1) is 51.4. The molecule has 1 nitrogen and oxygen atoms in total. The van der Waals surface area contributed by atoms with Gasteiger partial charge in [-0.2, -0.15) is 0 Å². The Morgan fingerprint density at radius 2 is 0.471 bits per heavy atom. The third kappa shape index (κ3) is 8.05. The molecular formula is C47H24BF20OP. The second-order valence-electron chi connectivity index (χ2n) is 15.4. The predicted molar refractivity (Wildman–Crippen MR) is 218 cm³/mol. The van der Waals surface area contributed by atoms with Gasteiger partial charge in [0.05, 0.1) is 0 Å². The molecule has 0 bridgehead atoms. The average molecular weight is 1030 g/mol. The average Bonchev–Trinajstić information content (AvgIpc) is 3.89. The van der Waals surface area contributed by atoms with Crippen molar-refractivity contribution in [3.8, 4) is 0 Å². The smallest absolute Gasteiger partial charge is 0.218 e. The largest absolute Gasteiger partial charge is 0.242 e. The number of benzene rings is 7. The molecule has 8 rings (SSSR count). The molecule has 70 heavy (non-hydrogen) atoms. The monoisotopic (exact) mass is 1030 g/mol. The van der Waals surface area contributed by atoms with Crippen LogP contribution in [0.5, 0.6) is 0 Å². The summed E-state index contributed by atoms with van der Waals surface area (Å²) in [6, 6.07) is 32.5. The lowest BCUT2D eigenvalue weighted by atomic mass is 9.12. The van der Waals surface area contributed by atoms with Gasteiger partial charge in [-0.3, -0.25) is 0 Å². The van der Waals surface area contributed by atoms with Crippen molar-refractivity contribution in [2.24, 2.45) is 0 Å². The van der Waals surface area contributed by atoms with Crippen LogP contribution in [-0.2, 0) is 4.52 Å². The third-order valence-corrected chi connectivity index (χ3v) is 15.4. The Hall–Kier alpha value is -6.41. The van der Waals surface area contributed by atoms with Crippen molar-refractivity contribution in [3.05, 3.63) is 207 Å². The van der Waals surface area contributed by atoms with E-state index in [9.17, 15) is 52.7 Å². The highest BCUT2D eigenvalue weighted by atomic mass is 31.2. The molecule has 23 heteroatoms. The molecule has 7 aromatic rings. The van der Waals surface area contributed by atoms with Gasteiger partial charge in [0.25, 0.3) is 0 Å². The van der Waals surface area contributed by atoms with Gasteiger partial charge in [0.15, 0.2) is 69.8 Å². The molecule has 1 fully saturated rings. The molecule has 7 aromatic carbocycles. The Kier molecular flexibility index (Phi) is 14.5. The molecule has 366 valence electrons. The van der Waals surface area contributed by atoms with Crippen molar-refractivity contribution in [2.75, 3.05) is 0 Å². The molecule has 1 aliphatic carbocycles. The standard InChI is InChI=1S/C24BF20.C23H24OP/c26-5-1(6(27)14(35)21(42)13(5)34)25(2-7(28)15(36)22(43)16(37)8(2)29,3-9(30)17(38)23(44)18(39)10(3)31)4-11(32)19(40)24(45)20(41)12(4)33;1-4-14-21(15-5-1)25(22-16-6-2-7-17-22,23-18-8-3-9-19-23)24-20-12-10-11-13-20/h;1-9,14-20H,10-13H2/q-1;+1. The van der Waals surface area contributed by atoms with E-state index in [1.165, 1.54) is 41.6 Å². The summed E-state index contributed by atoms with van der Waals surface area (Å²) < 4.78 is 301. The molecule has 0 aromatic heterocycles. The number of halogens is 20. The fourth-order valence-corrected chi connectivity index (χ4v) is 12.3. The van der Waals surface area contributed by atoms with Crippen LogP contribution < -0.4 is 37.8 Å². The number of hydrogen-bond acceptors (Lipinski definition) is 1. The van der Waals surface area contributed by atoms with Crippen LogP contribution in [0.4, 0.5) is 87.8 Å². The van der Waals surface area contributed by atoms with Crippen LogP contribution in [0.1, 0.15) is 25.7 Å². The Balaban J connectivity index is 0.000000242. The third-order valence-electron chi connectivity index (χ3n) is 11.7. The topological polar surface area (TPSA) is 9.23 Å². The first-order valence-electron chi connectivity index (χ1n) is 20.1. The van der Waals surface area contributed by atoms with Crippen LogP contribution in [-0.4, -0.2) is 12.2 Å². The van der Waals surface area contributed by atoms with Crippen molar-refractivity contribution in [1.82, 2.24) is 0 Å². The highest BCUT2D eigenvalue weighted by molar-refractivity contribution is 7.91. The van der Waals surface area contributed by atoms with E-state index in [1.807, 2.05) is 0 Å². The Morgan fingerprint density at radius 3 is 0.671 bits per heavy atom. The van der Waals surface area contributed by atoms with Gasteiger partial charge in [-0.25, -0.2) is 92.3 Å². The molecule has 0 radical (unpaired) electrons. The summed E-state index contributed by atoms with van der Waals surface area (Å²) >= 11 is 0. The fraction of sp³-hybridized carbons (Fsp3) is 0.106. The second kappa shape index (κ2) is 19.8. The van der Waals surface area contributed by atoms with Gasteiger partial charge in [-0.1, -0.05) is 67.4 Å². The van der Waals surface area contributed by atoms with E-state index in [1.54, 1.807) is 0 Å². The fourth-order valence-electron chi connectivity index (χ4n) is 8.64. The van der Waals surface area contributed by atoms with Crippen LogP contribution in [0.15, 0.2) is 91.0 Å². The minimum Gasteiger partial charge on any atom is -0.218 e. The predicted octanol–water partition coefficient (Wildman–Crippen LogP) is 10.7. The number of rotatable bonds is 9. The maximum Gasteiger partial charge on any atom is 0.242 e. The summed E-state index contributed by atoms with van der Waals surface area (Å²) in [5.74, 6) is -71.4. The molecule has 1 saturated carbocycles. The van der Waals surface area contributed by atoms with E-state index in [0.29, 0.717) is 6.10 Å². The molecule has 0 aliphatic heterocycles.